The first-order valence-corrected chi connectivity index (χ1v) is 19.2. The second kappa shape index (κ2) is 21.5. The third kappa shape index (κ3) is 13.6. The second-order valence-electron chi connectivity index (χ2n) is 15.2. The normalized spacial score (nSPS) is 16.9. The van der Waals surface area contributed by atoms with Crippen LogP contribution in [0.25, 0.3) is 0 Å². The van der Waals surface area contributed by atoms with Crippen molar-refractivity contribution in [2.75, 3.05) is 6.54 Å². The lowest BCUT2D eigenvalue weighted by molar-refractivity contribution is -0.142. The summed E-state index contributed by atoms with van der Waals surface area (Å²) in [6.07, 6.45) is 0.421. The average Bonchev–Trinajstić information content (AvgIpc) is 3.66. The van der Waals surface area contributed by atoms with Crippen molar-refractivity contribution < 1.29 is 48.6 Å². The van der Waals surface area contributed by atoms with Gasteiger partial charge in [-0.05, 0) is 61.3 Å². The van der Waals surface area contributed by atoms with Crippen LogP contribution in [0.15, 0.2) is 54.6 Å². The first-order valence-electron chi connectivity index (χ1n) is 19.2. The number of carboxylic acids is 1. The zero-order chi connectivity index (χ0) is 43.3. The summed E-state index contributed by atoms with van der Waals surface area (Å²) in [6.45, 7) is 8.04. The predicted octanol–water partition coefficient (Wildman–Crippen LogP) is -0.788. The van der Waals surface area contributed by atoms with Crippen molar-refractivity contribution >= 4 is 47.3 Å². The first-order chi connectivity index (χ1) is 27.3. The first kappa shape index (κ1) is 46.3. The predicted molar refractivity (Wildman–Crippen MR) is 211 cm³/mol. The molecule has 1 aliphatic rings. The summed E-state index contributed by atoms with van der Waals surface area (Å²) in [5.41, 5.74) is 13.0. The lowest BCUT2D eigenvalue weighted by Gasteiger charge is -2.30. The highest BCUT2D eigenvalue weighted by Gasteiger charge is 2.39. The Hall–Kier alpha value is -6.04. The number of amides is 7. The fourth-order valence-electron chi connectivity index (χ4n) is 6.43. The van der Waals surface area contributed by atoms with E-state index in [2.05, 4.69) is 26.6 Å². The number of aromatic hydroxyl groups is 1. The maximum atomic E-state index is 14.0. The van der Waals surface area contributed by atoms with Gasteiger partial charge in [0.05, 0.1) is 12.5 Å². The van der Waals surface area contributed by atoms with Gasteiger partial charge in [-0.25, -0.2) is 0 Å². The topological polar surface area (TPSA) is 292 Å². The maximum Gasteiger partial charge on any atom is 0.325 e. The second-order valence-corrected chi connectivity index (χ2v) is 15.2. The molecule has 0 spiro atoms. The van der Waals surface area contributed by atoms with E-state index < -0.39 is 108 Å². The van der Waals surface area contributed by atoms with Crippen molar-refractivity contribution in [2.24, 2.45) is 23.3 Å². The number of aliphatic carboxylic acids is 1. The zero-order valence-electron chi connectivity index (χ0n) is 33.4. The highest BCUT2D eigenvalue weighted by molar-refractivity contribution is 5.98. The highest BCUT2D eigenvalue weighted by Crippen LogP contribution is 2.21. The van der Waals surface area contributed by atoms with E-state index in [1.165, 1.54) is 24.0 Å². The molecule has 18 nitrogen and oxygen atoms in total. The summed E-state index contributed by atoms with van der Waals surface area (Å²) >= 11 is 0. The van der Waals surface area contributed by atoms with Gasteiger partial charge in [-0.3, -0.25) is 38.4 Å². The molecule has 1 aliphatic heterocycles. The van der Waals surface area contributed by atoms with Crippen LogP contribution in [0.4, 0.5) is 0 Å². The summed E-state index contributed by atoms with van der Waals surface area (Å²) in [6, 6.07) is 6.70. The molecule has 3 rings (SSSR count). The van der Waals surface area contributed by atoms with Gasteiger partial charge in [0.1, 0.15) is 42.0 Å². The number of nitrogens with zero attached hydrogens (tertiary/aromatic N) is 1. The van der Waals surface area contributed by atoms with E-state index in [4.69, 9.17) is 11.5 Å². The number of primary amides is 1. The fraction of sp³-hybridized carbons (Fsp3) is 0.500. The van der Waals surface area contributed by atoms with Gasteiger partial charge in [0.2, 0.25) is 41.4 Å². The Morgan fingerprint density at radius 3 is 1.79 bits per heavy atom. The number of nitrogens with two attached hydrogens (primary N) is 2. The smallest absolute Gasteiger partial charge is 0.325 e. The Bertz CT molecular complexity index is 1790. The third-order valence-corrected chi connectivity index (χ3v) is 9.72. The fourth-order valence-corrected chi connectivity index (χ4v) is 6.43. The number of phenols is 1. The average molecular weight is 809 g/mol. The van der Waals surface area contributed by atoms with Crippen molar-refractivity contribution in [3.63, 3.8) is 0 Å². The largest absolute Gasteiger partial charge is 0.508 e. The molecular weight excluding hydrogens is 752 g/mol. The van der Waals surface area contributed by atoms with Gasteiger partial charge < -0.3 is 53.2 Å². The summed E-state index contributed by atoms with van der Waals surface area (Å²) in [7, 11) is 0. The molecule has 18 heteroatoms. The van der Waals surface area contributed by atoms with Crippen LogP contribution in [0.1, 0.15) is 65.0 Å². The van der Waals surface area contributed by atoms with E-state index in [0.717, 1.165) is 5.56 Å². The minimum Gasteiger partial charge on any atom is -0.508 e. The van der Waals surface area contributed by atoms with Gasteiger partial charge in [0, 0.05) is 13.0 Å². The van der Waals surface area contributed by atoms with Crippen molar-refractivity contribution in [2.45, 2.75) is 109 Å². The van der Waals surface area contributed by atoms with Crippen molar-refractivity contribution in [3.05, 3.63) is 65.7 Å². The molecule has 0 saturated carbocycles. The van der Waals surface area contributed by atoms with Crippen LogP contribution in [0, 0.1) is 11.8 Å². The van der Waals surface area contributed by atoms with Crippen LogP contribution in [0.2, 0.25) is 0 Å². The number of carbonyl (C=O) groups is 8. The van der Waals surface area contributed by atoms with Crippen molar-refractivity contribution in [3.8, 4) is 5.75 Å². The quantitative estimate of drug-likeness (QED) is 0.0799. The van der Waals surface area contributed by atoms with E-state index in [1.807, 2.05) is 0 Å². The van der Waals surface area contributed by atoms with Gasteiger partial charge in [-0.1, -0.05) is 70.2 Å². The molecule has 2 aromatic rings. The Morgan fingerprint density at radius 1 is 0.707 bits per heavy atom. The Balaban J connectivity index is 1.78. The van der Waals surface area contributed by atoms with Crippen LogP contribution >= 0.6 is 0 Å². The van der Waals surface area contributed by atoms with Crippen LogP contribution in [-0.2, 0) is 51.2 Å². The van der Waals surface area contributed by atoms with Gasteiger partial charge in [-0.15, -0.1) is 0 Å². The lowest BCUT2D eigenvalue weighted by Crippen LogP contribution is -2.61. The molecule has 2 aromatic carbocycles. The van der Waals surface area contributed by atoms with E-state index in [9.17, 15) is 48.6 Å². The molecule has 0 aliphatic carbocycles. The standard InChI is InChI=1S/C40H56N8O10/c1-21(2)32(37(54)45-29(20-31(42)50)34(51)43-23(5)40(57)58)47-38(55)33(22(3)4)46-35(52)28(19-24-10-7-6-8-11-24)44-36(53)30-12-9-17-48(30)39(56)27(41)18-25-13-15-26(49)16-14-25/h6-8,10-11,13-16,21-23,27-30,32-33,49H,9,12,17-20,41H2,1-5H3,(H2,42,50)(H,43,51)(H,44,53)(H,45,54)(H,46,52)(H,47,55)(H,57,58)/t23-,27-,28-,29-,30-,32-,33-/m0/s1. The third-order valence-electron chi connectivity index (χ3n) is 9.72. The summed E-state index contributed by atoms with van der Waals surface area (Å²) in [5, 5.41) is 31.5. The van der Waals surface area contributed by atoms with Crippen molar-refractivity contribution in [1.82, 2.24) is 31.5 Å². The minimum atomic E-state index is -1.55. The molecular formula is C40H56N8O10. The molecule has 0 aromatic heterocycles. The van der Waals surface area contributed by atoms with E-state index in [1.54, 1.807) is 70.2 Å². The summed E-state index contributed by atoms with van der Waals surface area (Å²) < 4.78 is 0. The Labute approximate surface area is 337 Å². The Kier molecular flexibility index (Phi) is 17.2. The zero-order valence-corrected chi connectivity index (χ0v) is 33.4. The van der Waals surface area contributed by atoms with Crippen LogP contribution in [0.3, 0.4) is 0 Å². The van der Waals surface area contributed by atoms with Crippen LogP contribution in [-0.4, -0.2) is 111 Å². The molecule has 11 N–H and O–H groups in total. The molecule has 7 amide bonds. The molecule has 1 saturated heterocycles. The number of benzene rings is 2. The van der Waals surface area contributed by atoms with Crippen LogP contribution in [0.5, 0.6) is 5.75 Å². The molecule has 58 heavy (non-hydrogen) atoms. The van der Waals surface area contributed by atoms with E-state index in [0.29, 0.717) is 18.4 Å². The van der Waals surface area contributed by atoms with E-state index >= 15 is 0 Å². The van der Waals surface area contributed by atoms with Gasteiger partial charge in [0.15, 0.2) is 0 Å². The monoisotopic (exact) mass is 808 g/mol. The molecule has 1 fully saturated rings. The van der Waals surface area contributed by atoms with Gasteiger partial charge in [-0.2, -0.15) is 0 Å². The highest BCUT2D eigenvalue weighted by atomic mass is 16.4. The molecule has 316 valence electrons. The molecule has 7 atom stereocenters. The number of hydrogen-bond acceptors (Lipinski definition) is 10. The van der Waals surface area contributed by atoms with Gasteiger partial charge in [0.25, 0.3) is 0 Å². The molecule has 1 heterocycles. The maximum absolute atomic E-state index is 14.0. The summed E-state index contributed by atoms with van der Waals surface area (Å²) in [5.74, 6) is -7.65. The number of hydrogen-bond donors (Lipinski definition) is 9. The minimum absolute atomic E-state index is 0.0344. The lowest BCUT2D eigenvalue weighted by atomic mass is 9.98. The number of likely N-dealkylation sites (tertiary alicyclic amines) is 1. The number of carboxylic acid groups (broad SMARTS) is 1. The number of phenolic OH excluding ortho intramolecular Hbond substituents is 1. The van der Waals surface area contributed by atoms with Crippen LogP contribution < -0.4 is 38.1 Å². The number of nitrogens with one attached hydrogen (secondary N) is 5. The number of carbonyl (C=O) groups excluding carboxylic acids is 7. The SMILES string of the molecule is CC(C)[C@H](NC(=O)[C@H](Cc1ccccc1)NC(=O)[C@@H]1CCCN1C(=O)[C@@H](N)Cc1ccc(O)cc1)C(=O)N[C@H](C(=O)N[C@@H](CC(N)=O)C(=O)N[C@@H](C)C(=O)O)C(C)C. The molecule has 0 bridgehead atoms. The molecule has 0 radical (unpaired) electrons. The molecule has 0 unspecified atom stereocenters. The summed E-state index contributed by atoms with van der Waals surface area (Å²) in [4.78, 5) is 106. The number of rotatable bonds is 20. The Morgan fingerprint density at radius 2 is 1.24 bits per heavy atom. The van der Waals surface area contributed by atoms with Crippen molar-refractivity contribution in [1.29, 1.82) is 0 Å². The van der Waals surface area contributed by atoms with E-state index in [-0.39, 0.29) is 25.1 Å². The van der Waals surface area contributed by atoms with Gasteiger partial charge >= 0.3 is 5.97 Å².